The molecule has 0 fully saturated rings. The van der Waals surface area contributed by atoms with Gasteiger partial charge in [-0.05, 0) is 24.0 Å². The van der Waals surface area contributed by atoms with Gasteiger partial charge in [0, 0.05) is 20.0 Å². The largest absolute Gasteiger partial charge is 0.391 e. The average molecular weight is 305 g/mol. The number of aliphatic hydroxyl groups is 1. The van der Waals surface area contributed by atoms with Crippen LogP contribution in [-0.2, 0) is 6.42 Å². The molecule has 5 nitrogen and oxygen atoms in total. The number of nitrogens with one attached hydrogen (secondary N) is 2. The molecule has 112 valence electrons. The lowest BCUT2D eigenvalue weighted by atomic mass is 10.1. The lowest BCUT2D eigenvalue weighted by Crippen LogP contribution is -2.33. The molecule has 0 aliphatic carbocycles. The summed E-state index contributed by atoms with van der Waals surface area (Å²) in [7, 11) is 1.76. The van der Waals surface area contributed by atoms with E-state index in [0.717, 1.165) is 10.6 Å². The van der Waals surface area contributed by atoms with Crippen LogP contribution < -0.4 is 10.6 Å². The fraction of sp³-hybridized carbons (Fsp3) is 0.333. The summed E-state index contributed by atoms with van der Waals surface area (Å²) < 4.78 is 4.16. The number of rotatable bonds is 6. The minimum absolute atomic E-state index is 0.210. The third-order valence-corrected chi connectivity index (χ3v) is 4.09. The van der Waals surface area contributed by atoms with Crippen LogP contribution in [0.25, 0.3) is 0 Å². The monoisotopic (exact) mass is 305 g/mol. The number of aryl methyl sites for hydroxylation is 1. The van der Waals surface area contributed by atoms with E-state index < -0.39 is 6.10 Å². The Morgan fingerprint density at radius 2 is 2.10 bits per heavy atom. The van der Waals surface area contributed by atoms with Crippen molar-refractivity contribution in [2.24, 2.45) is 0 Å². The first-order valence-corrected chi connectivity index (χ1v) is 7.53. The van der Waals surface area contributed by atoms with E-state index in [-0.39, 0.29) is 12.5 Å². The van der Waals surface area contributed by atoms with Crippen molar-refractivity contribution in [1.82, 2.24) is 9.69 Å². The Labute approximate surface area is 128 Å². The van der Waals surface area contributed by atoms with Crippen LogP contribution in [0.3, 0.4) is 0 Å². The Balaban J connectivity index is 1.90. The molecule has 0 saturated heterocycles. The van der Waals surface area contributed by atoms with Crippen LogP contribution in [-0.4, -0.2) is 35.1 Å². The number of aromatic nitrogens is 1. The van der Waals surface area contributed by atoms with Gasteiger partial charge in [0.2, 0.25) is 0 Å². The SMILES string of the molecule is CNc1snc(C)c1C(=O)NCC(O)Cc1ccccc1. The van der Waals surface area contributed by atoms with Crippen LogP contribution in [0.4, 0.5) is 5.00 Å². The van der Waals surface area contributed by atoms with Crippen LogP contribution >= 0.6 is 11.5 Å². The molecule has 1 aromatic carbocycles. The number of anilines is 1. The highest BCUT2D eigenvalue weighted by Crippen LogP contribution is 2.23. The lowest BCUT2D eigenvalue weighted by molar-refractivity contribution is 0.0916. The number of hydrogen-bond donors (Lipinski definition) is 3. The Hall–Kier alpha value is -1.92. The van der Waals surface area contributed by atoms with E-state index in [2.05, 4.69) is 15.0 Å². The number of carbonyl (C=O) groups excluding carboxylic acids is 1. The summed E-state index contributed by atoms with van der Waals surface area (Å²) in [6, 6.07) is 9.71. The van der Waals surface area contributed by atoms with Gasteiger partial charge < -0.3 is 15.7 Å². The van der Waals surface area contributed by atoms with Gasteiger partial charge in [-0.3, -0.25) is 4.79 Å². The standard InChI is InChI=1S/C15H19N3O2S/c1-10-13(15(16-2)21-18-10)14(20)17-9-12(19)8-11-6-4-3-5-7-11/h3-7,12,16,19H,8-9H2,1-2H3,(H,17,20). The summed E-state index contributed by atoms with van der Waals surface area (Å²) in [4.78, 5) is 12.2. The zero-order valence-corrected chi connectivity index (χ0v) is 12.9. The number of amides is 1. The van der Waals surface area contributed by atoms with E-state index in [9.17, 15) is 9.90 Å². The van der Waals surface area contributed by atoms with Crippen molar-refractivity contribution in [1.29, 1.82) is 0 Å². The van der Waals surface area contributed by atoms with Crippen LogP contribution in [0.5, 0.6) is 0 Å². The maximum absolute atomic E-state index is 12.2. The van der Waals surface area contributed by atoms with Crippen molar-refractivity contribution in [3.63, 3.8) is 0 Å². The minimum atomic E-state index is -0.610. The molecule has 1 atom stereocenters. The Morgan fingerprint density at radius 3 is 2.76 bits per heavy atom. The van der Waals surface area contributed by atoms with E-state index in [1.807, 2.05) is 30.3 Å². The molecule has 0 aliphatic heterocycles. The van der Waals surface area contributed by atoms with Gasteiger partial charge in [0.15, 0.2) is 0 Å². The zero-order valence-electron chi connectivity index (χ0n) is 12.1. The molecule has 1 amide bonds. The van der Waals surface area contributed by atoms with Crippen LogP contribution in [0.1, 0.15) is 21.6 Å². The van der Waals surface area contributed by atoms with Crippen molar-refractivity contribution in [2.45, 2.75) is 19.4 Å². The molecule has 3 N–H and O–H groups in total. The van der Waals surface area contributed by atoms with Crippen molar-refractivity contribution in [2.75, 3.05) is 18.9 Å². The molecular weight excluding hydrogens is 286 g/mol. The highest BCUT2D eigenvalue weighted by molar-refractivity contribution is 7.10. The first-order valence-electron chi connectivity index (χ1n) is 6.76. The molecule has 21 heavy (non-hydrogen) atoms. The molecule has 1 unspecified atom stereocenters. The number of carbonyl (C=O) groups is 1. The Kier molecular flexibility index (Phi) is 5.30. The third-order valence-electron chi connectivity index (χ3n) is 3.13. The Morgan fingerprint density at radius 1 is 1.38 bits per heavy atom. The van der Waals surface area contributed by atoms with E-state index in [0.29, 0.717) is 17.7 Å². The summed E-state index contributed by atoms with van der Waals surface area (Å²) in [6.07, 6.45) is -0.0952. The van der Waals surface area contributed by atoms with E-state index in [4.69, 9.17) is 0 Å². The van der Waals surface area contributed by atoms with Crippen LogP contribution in [0.2, 0.25) is 0 Å². The van der Waals surface area contributed by atoms with Gasteiger partial charge in [0.25, 0.3) is 5.91 Å². The van der Waals surface area contributed by atoms with Gasteiger partial charge in [-0.2, -0.15) is 4.37 Å². The highest BCUT2D eigenvalue weighted by Gasteiger charge is 2.18. The van der Waals surface area contributed by atoms with Crippen LogP contribution in [0.15, 0.2) is 30.3 Å². The highest BCUT2D eigenvalue weighted by atomic mass is 32.1. The van der Waals surface area contributed by atoms with Crippen molar-refractivity contribution >= 4 is 22.4 Å². The number of hydrogen-bond acceptors (Lipinski definition) is 5. The fourth-order valence-corrected chi connectivity index (χ4v) is 2.81. The molecule has 0 bridgehead atoms. The molecule has 2 aromatic rings. The van der Waals surface area contributed by atoms with Crippen molar-refractivity contribution < 1.29 is 9.90 Å². The summed E-state index contributed by atoms with van der Waals surface area (Å²) in [5.74, 6) is -0.210. The molecule has 0 aliphatic rings. The quantitative estimate of drug-likeness (QED) is 0.761. The number of nitrogens with zero attached hydrogens (tertiary/aromatic N) is 1. The average Bonchev–Trinajstić information content (AvgIpc) is 2.87. The molecule has 0 spiro atoms. The van der Waals surface area contributed by atoms with Gasteiger partial charge in [0.1, 0.15) is 5.00 Å². The molecule has 1 aromatic heterocycles. The first kappa shape index (κ1) is 15.5. The molecule has 1 heterocycles. The van der Waals surface area contributed by atoms with Gasteiger partial charge in [0.05, 0.1) is 17.4 Å². The third kappa shape index (κ3) is 4.03. The minimum Gasteiger partial charge on any atom is -0.391 e. The second kappa shape index (κ2) is 7.19. The first-order chi connectivity index (χ1) is 10.1. The van der Waals surface area contributed by atoms with Crippen molar-refractivity contribution in [3.8, 4) is 0 Å². The summed E-state index contributed by atoms with van der Waals surface area (Å²) in [6.45, 7) is 2.01. The molecule has 2 rings (SSSR count). The molecular formula is C15H19N3O2S. The fourth-order valence-electron chi connectivity index (χ4n) is 2.06. The summed E-state index contributed by atoms with van der Waals surface area (Å²) >= 11 is 1.26. The van der Waals surface area contributed by atoms with Gasteiger partial charge in [-0.15, -0.1) is 0 Å². The number of aliphatic hydroxyl groups excluding tert-OH is 1. The topological polar surface area (TPSA) is 74.2 Å². The Bertz CT molecular complexity index is 598. The second-order valence-corrected chi connectivity index (χ2v) is 5.55. The smallest absolute Gasteiger partial charge is 0.256 e. The van der Waals surface area contributed by atoms with E-state index in [1.165, 1.54) is 11.5 Å². The summed E-state index contributed by atoms with van der Waals surface area (Å²) in [5.41, 5.74) is 2.29. The maximum Gasteiger partial charge on any atom is 0.256 e. The zero-order chi connectivity index (χ0) is 15.2. The lowest BCUT2D eigenvalue weighted by Gasteiger charge is -2.12. The van der Waals surface area contributed by atoms with Crippen LogP contribution in [0, 0.1) is 6.92 Å². The summed E-state index contributed by atoms with van der Waals surface area (Å²) in [5, 5.41) is 16.5. The van der Waals surface area contributed by atoms with E-state index >= 15 is 0 Å². The van der Waals surface area contributed by atoms with Gasteiger partial charge >= 0.3 is 0 Å². The van der Waals surface area contributed by atoms with Gasteiger partial charge in [-0.1, -0.05) is 30.3 Å². The predicted octanol–water partition coefficient (Wildman–Crippen LogP) is 1.83. The number of benzene rings is 1. The van der Waals surface area contributed by atoms with E-state index in [1.54, 1.807) is 14.0 Å². The predicted molar refractivity (Wildman–Crippen MR) is 84.9 cm³/mol. The molecule has 0 radical (unpaired) electrons. The maximum atomic E-state index is 12.2. The van der Waals surface area contributed by atoms with Gasteiger partial charge in [-0.25, -0.2) is 0 Å². The second-order valence-electron chi connectivity index (χ2n) is 4.78. The van der Waals surface area contributed by atoms with Crippen molar-refractivity contribution in [3.05, 3.63) is 47.2 Å². The molecule has 0 saturated carbocycles. The molecule has 6 heteroatoms. The normalized spacial score (nSPS) is 12.0.